The average Bonchev–Trinajstić information content (AvgIpc) is 3.28. The molecule has 144 valence electrons. The fourth-order valence-corrected chi connectivity index (χ4v) is 3.59. The van der Waals surface area contributed by atoms with Crippen molar-refractivity contribution in [2.24, 2.45) is 7.05 Å². The van der Waals surface area contributed by atoms with Crippen molar-refractivity contribution in [1.82, 2.24) is 20.2 Å². The number of unbranched alkanes of at least 4 members (excludes halogenated alkanes) is 1. The summed E-state index contributed by atoms with van der Waals surface area (Å²) in [7, 11) is 1.84. The quantitative estimate of drug-likeness (QED) is 0.703. The summed E-state index contributed by atoms with van der Waals surface area (Å²) < 4.78 is 1.75. The number of carbonyl (C=O) groups is 2. The molecular formula is C21H28N4O2. The summed E-state index contributed by atoms with van der Waals surface area (Å²) in [6.45, 7) is 0. The zero-order valence-corrected chi connectivity index (χ0v) is 15.9. The van der Waals surface area contributed by atoms with Crippen molar-refractivity contribution in [2.75, 3.05) is 0 Å². The molecular weight excluding hydrogens is 340 g/mol. The maximum Gasteiger partial charge on any atom is 0.271 e. The van der Waals surface area contributed by atoms with Crippen LogP contribution in [-0.4, -0.2) is 33.4 Å². The number of imidazole rings is 1. The van der Waals surface area contributed by atoms with E-state index in [-0.39, 0.29) is 23.9 Å². The van der Waals surface area contributed by atoms with Crippen LogP contribution in [0.15, 0.2) is 42.9 Å². The number of benzene rings is 1. The molecule has 0 saturated heterocycles. The second-order valence-corrected chi connectivity index (χ2v) is 7.36. The predicted molar refractivity (Wildman–Crippen MR) is 104 cm³/mol. The van der Waals surface area contributed by atoms with Gasteiger partial charge in [-0.3, -0.25) is 9.59 Å². The first-order chi connectivity index (χ1) is 13.1. The molecule has 1 heterocycles. The second kappa shape index (κ2) is 9.35. The Labute approximate surface area is 160 Å². The van der Waals surface area contributed by atoms with E-state index in [0.29, 0.717) is 12.1 Å². The van der Waals surface area contributed by atoms with Crippen LogP contribution in [0.5, 0.6) is 0 Å². The van der Waals surface area contributed by atoms with E-state index in [1.807, 2.05) is 25.2 Å². The summed E-state index contributed by atoms with van der Waals surface area (Å²) in [6.07, 6.45) is 9.39. The molecule has 2 unspecified atom stereocenters. The van der Waals surface area contributed by atoms with Crippen LogP contribution in [0.2, 0.25) is 0 Å². The van der Waals surface area contributed by atoms with Gasteiger partial charge in [-0.15, -0.1) is 0 Å². The van der Waals surface area contributed by atoms with Crippen LogP contribution in [0, 0.1) is 0 Å². The van der Waals surface area contributed by atoms with E-state index in [1.54, 1.807) is 17.1 Å². The Morgan fingerprint density at radius 3 is 2.56 bits per heavy atom. The highest BCUT2D eigenvalue weighted by Crippen LogP contribution is 2.20. The Kier molecular flexibility index (Phi) is 6.63. The first-order valence-electron chi connectivity index (χ1n) is 9.72. The molecule has 0 spiro atoms. The Morgan fingerprint density at radius 2 is 1.85 bits per heavy atom. The van der Waals surface area contributed by atoms with Crippen LogP contribution < -0.4 is 10.6 Å². The van der Waals surface area contributed by atoms with Crippen molar-refractivity contribution in [1.29, 1.82) is 0 Å². The molecule has 1 aromatic heterocycles. The third-order valence-electron chi connectivity index (χ3n) is 5.03. The van der Waals surface area contributed by atoms with Gasteiger partial charge in [0.15, 0.2) is 0 Å². The Bertz CT molecular complexity index is 757. The van der Waals surface area contributed by atoms with Crippen LogP contribution in [0.25, 0.3) is 0 Å². The van der Waals surface area contributed by atoms with Gasteiger partial charge in [0.2, 0.25) is 5.91 Å². The summed E-state index contributed by atoms with van der Waals surface area (Å²) in [4.78, 5) is 28.4. The number of nitrogens with one attached hydrogen (secondary N) is 2. The smallest absolute Gasteiger partial charge is 0.271 e. The van der Waals surface area contributed by atoms with Gasteiger partial charge in [-0.2, -0.15) is 0 Å². The van der Waals surface area contributed by atoms with Gasteiger partial charge in [0.25, 0.3) is 5.91 Å². The molecule has 2 amide bonds. The van der Waals surface area contributed by atoms with Crippen LogP contribution in [0.1, 0.15) is 54.6 Å². The van der Waals surface area contributed by atoms with Crippen molar-refractivity contribution >= 4 is 11.8 Å². The Balaban J connectivity index is 1.32. The highest BCUT2D eigenvalue weighted by Gasteiger charge is 2.27. The lowest BCUT2D eigenvalue weighted by molar-refractivity contribution is -0.121. The molecule has 2 atom stereocenters. The third kappa shape index (κ3) is 5.94. The van der Waals surface area contributed by atoms with Crippen LogP contribution >= 0.6 is 0 Å². The summed E-state index contributed by atoms with van der Waals surface area (Å²) in [5.74, 6) is -0.0294. The largest absolute Gasteiger partial charge is 0.353 e. The highest BCUT2D eigenvalue weighted by atomic mass is 16.2. The van der Waals surface area contributed by atoms with Crippen molar-refractivity contribution in [2.45, 2.75) is 57.0 Å². The molecule has 2 aromatic rings. The van der Waals surface area contributed by atoms with Gasteiger partial charge in [0.1, 0.15) is 5.69 Å². The van der Waals surface area contributed by atoms with Crippen molar-refractivity contribution in [3.63, 3.8) is 0 Å². The van der Waals surface area contributed by atoms with Gasteiger partial charge in [0.05, 0.1) is 6.33 Å². The number of carbonyl (C=O) groups excluding carboxylic acids is 2. The molecule has 0 aliphatic heterocycles. The predicted octanol–water partition coefficient (Wildman–Crippen LogP) is 2.60. The van der Waals surface area contributed by atoms with Gasteiger partial charge >= 0.3 is 0 Å². The SMILES string of the molecule is Cn1cnc(C(=O)NC2CCC(NC(=O)CCCCc3ccccc3)C2)c1. The molecule has 1 saturated carbocycles. The van der Waals surface area contributed by atoms with E-state index in [2.05, 4.69) is 27.8 Å². The van der Waals surface area contributed by atoms with E-state index in [0.717, 1.165) is 38.5 Å². The minimum atomic E-state index is -0.145. The number of hydrogen-bond acceptors (Lipinski definition) is 3. The van der Waals surface area contributed by atoms with Gasteiger partial charge in [-0.1, -0.05) is 30.3 Å². The maximum atomic E-state index is 12.2. The fraction of sp³-hybridized carbons (Fsp3) is 0.476. The molecule has 2 N–H and O–H groups in total. The zero-order chi connectivity index (χ0) is 19.1. The maximum absolute atomic E-state index is 12.2. The summed E-state index contributed by atoms with van der Waals surface area (Å²) >= 11 is 0. The molecule has 1 aliphatic rings. The molecule has 0 bridgehead atoms. The van der Waals surface area contributed by atoms with E-state index < -0.39 is 0 Å². The average molecular weight is 368 g/mol. The lowest BCUT2D eigenvalue weighted by atomic mass is 10.1. The van der Waals surface area contributed by atoms with Gasteiger partial charge in [0, 0.05) is 31.7 Å². The van der Waals surface area contributed by atoms with Gasteiger partial charge in [-0.05, 0) is 44.1 Å². The second-order valence-electron chi connectivity index (χ2n) is 7.36. The van der Waals surface area contributed by atoms with Crippen molar-refractivity contribution in [3.8, 4) is 0 Å². The van der Waals surface area contributed by atoms with E-state index >= 15 is 0 Å². The number of rotatable bonds is 8. The van der Waals surface area contributed by atoms with Crippen LogP contribution in [0.3, 0.4) is 0 Å². The summed E-state index contributed by atoms with van der Waals surface area (Å²) in [5.41, 5.74) is 1.75. The highest BCUT2D eigenvalue weighted by molar-refractivity contribution is 5.92. The lowest BCUT2D eigenvalue weighted by Crippen LogP contribution is -2.37. The minimum absolute atomic E-state index is 0.0999. The number of hydrogen-bond donors (Lipinski definition) is 2. The molecule has 27 heavy (non-hydrogen) atoms. The molecule has 6 heteroatoms. The molecule has 6 nitrogen and oxygen atoms in total. The van der Waals surface area contributed by atoms with Crippen molar-refractivity contribution in [3.05, 3.63) is 54.1 Å². The number of aryl methyl sites for hydroxylation is 2. The molecule has 1 aromatic carbocycles. The fourth-order valence-electron chi connectivity index (χ4n) is 3.59. The topological polar surface area (TPSA) is 76.0 Å². The van der Waals surface area contributed by atoms with E-state index in [4.69, 9.17) is 0 Å². The molecule has 3 rings (SSSR count). The number of nitrogens with zero attached hydrogens (tertiary/aromatic N) is 2. The van der Waals surface area contributed by atoms with Crippen molar-refractivity contribution < 1.29 is 9.59 Å². The van der Waals surface area contributed by atoms with Crippen LogP contribution in [-0.2, 0) is 18.3 Å². The Hall–Kier alpha value is -2.63. The van der Waals surface area contributed by atoms with E-state index in [9.17, 15) is 9.59 Å². The summed E-state index contributed by atoms with van der Waals surface area (Å²) in [5, 5.41) is 6.13. The number of amides is 2. The molecule has 1 fully saturated rings. The monoisotopic (exact) mass is 368 g/mol. The van der Waals surface area contributed by atoms with Gasteiger partial charge in [-0.25, -0.2) is 4.98 Å². The van der Waals surface area contributed by atoms with Gasteiger partial charge < -0.3 is 15.2 Å². The summed E-state index contributed by atoms with van der Waals surface area (Å²) in [6, 6.07) is 10.6. The molecule has 1 aliphatic carbocycles. The Morgan fingerprint density at radius 1 is 1.11 bits per heavy atom. The third-order valence-corrected chi connectivity index (χ3v) is 5.03. The zero-order valence-electron chi connectivity index (χ0n) is 15.9. The standard InChI is InChI=1S/C21H28N4O2/c1-25-14-19(22-15-25)21(27)24-18-12-11-17(13-18)23-20(26)10-6-5-9-16-7-3-2-4-8-16/h2-4,7-8,14-15,17-18H,5-6,9-13H2,1H3,(H,23,26)(H,24,27). The minimum Gasteiger partial charge on any atom is -0.353 e. The first kappa shape index (κ1) is 19.1. The first-order valence-corrected chi connectivity index (χ1v) is 9.72. The lowest BCUT2D eigenvalue weighted by Gasteiger charge is -2.14. The van der Waals surface area contributed by atoms with Crippen LogP contribution in [0.4, 0.5) is 0 Å². The molecule has 0 radical (unpaired) electrons. The van der Waals surface area contributed by atoms with E-state index in [1.165, 1.54) is 5.56 Å². The normalized spacial score (nSPS) is 19.0. The number of aromatic nitrogens is 2.